The van der Waals surface area contributed by atoms with E-state index in [1.54, 1.807) is 19.4 Å². The predicted octanol–water partition coefficient (Wildman–Crippen LogP) is 3.89. The second kappa shape index (κ2) is 8.75. The van der Waals surface area contributed by atoms with E-state index in [1.165, 1.54) is 0 Å². The molecule has 146 valence electrons. The van der Waals surface area contributed by atoms with Gasteiger partial charge in [-0.2, -0.15) is 4.98 Å². The molecule has 1 atom stereocenters. The average molecular weight is 380 g/mol. The van der Waals surface area contributed by atoms with Crippen molar-refractivity contribution in [2.45, 2.75) is 39.3 Å². The standard InChI is InChI=1S/C21H24N4O3/c1-13(2)21-24-19(25-28-21)12-23-20(26)17-9-10-18(22-11-17)16-7-5-15(6-8-16)14(3)27-4/h5-11,13-14H,12H2,1-4H3,(H,23,26)/t14-/m0/s1. The Labute approximate surface area is 164 Å². The number of nitrogens with one attached hydrogen (secondary N) is 1. The highest BCUT2D eigenvalue weighted by Gasteiger charge is 2.12. The van der Waals surface area contributed by atoms with Crippen LogP contribution in [0.3, 0.4) is 0 Å². The maximum atomic E-state index is 12.3. The lowest BCUT2D eigenvalue weighted by atomic mass is 10.1. The van der Waals surface area contributed by atoms with Crippen LogP contribution in [0, 0.1) is 0 Å². The van der Waals surface area contributed by atoms with Gasteiger partial charge in [0.2, 0.25) is 5.89 Å². The van der Waals surface area contributed by atoms with Crippen molar-refractivity contribution in [1.82, 2.24) is 20.4 Å². The number of aromatic nitrogens is 3. The number of rotatable bonds is 7. The van der Waals surface area contributed by atoms with Crippen molar-refractivity contribution in [1.29, 1.82) is 0 Å². The molecule has 0 unspecified atom stereocenters. The van der Waals surface area contributed by atoms with Gasteiger partial charge in [-0.05, 0) is 24.6 Å². The van der Waals surface area contributed by atoms with Crippen LogP contribution >= 0.6 is 0 Å². The molecule has 0 aliphatic rings. The Balaban J connectivity index is 1.62. The number of carbonyl (C=O) groups is 1. The molecule has 1 aromatic carbocycles. The molecule has 0 aliphatic heterocycles. The van der Waals surface area contributed by atoms with Gasteiger partial charge in [-0.1, -0.05) is 43.3 Å². The van der Waals surface area contributed by atoms with Gasteiger partial charge in [0.15, 0.2) is 5.82 Å². The van der Waals surface area contributed by atoms with Crippen LogP contribution in [0.15, 0.2) is 47.1 Å². The third kappa shape index (κ3) is 4.61. The third-order valence-corrected chi connectivity index (χ3v) is 4.44. The fourth-order valence-corrected chi connectivity index (χ4v) is 2.60. The summed E-state index contributed by atoms with van der Waals surface area (Å²) in [6.07, 6.45) is 1.61. The van der Waals surface area contributed by atoms with E-state index in [4.69, 9.17) is 9.26 Å². The summed E-state index contributed by atoms with van der Waals surface area (Å²) < 4.78 is 10.4. The van der Waals surface area contributed by atoms with Gasteiger partial charge in [-0.25, -0.2) is 0 Å². The number of carbonyl (C=O) groups excluding carboxylic acids is 1. The largest absolute Gasteiger partial charge is 0.377 e. The zero-order chi connectivity index (χ0) is 20.1. The summed E-state index contributed by atoms with van der Waals surface area (Å²) >= 11 is 0. The SMILES string of the molecule is CO[C@@H](C)c1ccc(-c2ccc(C(=O)NCc3noc(C(C)C)n3)cn2)cc1. The molecule has 0 radical (unpaired) electrons. The molecule has 2 heterocycles. The van der Waals surface area contributed by atoms with E-state index in [1.807, 2.05) is 51.1 Å². The van der Waals surface area contributed by atoms with E-state index in [-0.39, 0.29) is 24.5 Å². The molecule has 1 N–H and O–H groups in total. The fraction of sp³-hybridized carbons (Fsp3) is 0.333. The molecule has 0 saturated carbocycles. The minimum Gasteiger partial charge on any atom is -0.377 e. The normalized spacial score (nSPS) is 12.2. The molecule has 0 saturated heterocycles. The summed E-state index contributed by atoms with van der Waals surface area (Å²) in [4.78, 5) is 21.0. The Morgan fingerprint density at radius 1 is 1.14 bits per heavy atom. The Hall–Kier alpha value is -3.06. The Morgan fingerprint density at radius 2 is 1.89 bits per heavy atom. The molecular formula is C21H24N4O3. The minimum atomic E-state index is -0.237. The van der Waals surface area contributed by atoms with E-state index in [2.05, 4.69) is 20.4 Å². The summed E-state index contributed by atoms with van der Waals surface area (Å²) in [6, 6.07) is 11.6. The summed E-state index contributed by atoms with van der Waals surface area (Å²) in [5.74, 6) is 0.924. The van der Waals surface area contributed by atoms with Crippen LogP contribution in [-0.2, 0) is 11.3 Å². The summed E-state index contributed by atoms with van der Waals surface area (Å²) in [7, 11) is 1.69. The number of nitrogens with zero attached hydrogens (tertiary/aromatic N) is 3. The topological polar surface area (TPSA) is 90.1 Å². The van der Waals surface area contributed by atoms with Crippen LogP contribution in [-0.4, -0.2) is 28.1 Å². The molecular weight excluding hydrogens is 356 g/mol. The number of hydrogen-bond acceptors (Lipinski definition) is 6. The van der Waals surface area contributed by atoms with Gasteiger partial charge in [0, 0.05) is 24.8 Å². The lowest BCUT2D eigenvalue weighted by molar-refractivity contribution is 0.0949. The zero-order valence-corrected chi connectivity index (χ0v) is 16.5. The summed E-state index contributed by atoms with van der Waals surface area (Å²) in [5, 5.41) is 6.63. The molecule has 2 aromatic heterocycles. The minimum absolute atomic E-state index is 0.0453. The van der Waals surface area contributed by atoms with Gasteiger partial charge in [-0.3, -0.25) is 9.78 Å². The van der Waals surface area contributed by atoms with Gasteiger partial charge in [0.1, 0.15) is 0 Å². The maximum absolute atomic E-state index is 12.3. The maximum Gasteiger partial charge on any atom is 0.253 e. The molecule has 3 aromatic rings. The van der Waals surface area contributed by atoms with Crippen LogP contribution in [0.2, 0.25) is 0 Å². The quantitative estimate of drug-likeness (QED) is 0.669. The summed E-state index contributed by atoms with van der Waals surface area (Å²) in [6.45, 7) is 6.14. The zero-order valence-electron chi connectivity index (χ0n) is 16.5. The number of pyridine rings is 1. The van der Waals surface area contributed by atoms with Crippen LogP contribution in [0.25, 0.3) is 11.3 Å². The molecule has 7 heteroatoms. The first-order valence-electron chi connectivity index (χ1n) is 9.17. The highest BCUT2D eigenvalue weighted by atomic mass is 16.5. The number of ether oxygens (including phenoxy) is 1. The van der Waals surface area contributed by atoms with Gasteiger partial charge >= 0.3 is 0 Å². The lowest BCUT2D eigenvalue weighted by Crippen LogP contribution is -2.23. The second-order valence-corrected chi connectivity index (χ2v) is 6.82. The predicted molar refractivity (Wildman–Crippen MR) is 105 cm³/mol. The second-order valence-electron chi connectivity index (χ2n) is 6.82. The van der Waals surface area contributed by atoms with Gasteiger partial charge < -0.3 is 14.6 Å². The van der Waals surface area contributed by atoms with E-state index in [0.29, 0.717) is 17.3 Å². The van der Waals surface area contributed by atoms with Crippen LogP contribution < -0.4 is 5.32 Å². The van der Waals surface area contributed by atoms with E-state index < -0.39 is 0 Å². The van der Waals surface area contributed by atoms with Gasteiger partial charge in [0.05, 0.1) is 23.9 Å². The molecule has 7 nitrogen and oxygen atoms in total. The smallest absolute Gasteiger partial charge is 0.253 e. The van der Waals surface area contributed by atoms with Crippen molar-refractivity contribution < 1.29 is 14.1 Å². The van der Waals surface area contributed by atoms with Crippen molar-refractivity contribution in [3.63, 3.8) is 0 Å². The van der Waals surface area contributed by atoms with E-state index >= 15 is 0 Å². The van der Waals surface area contributed by atoms with Crippen molar-refractivity contribution in [2.75, 3.05) is 7.11 Å². The monoisotopic (exact) mass is 380 g/mol. The number of benzene rings is 1. The highest BCUT2D eigenvalue weighted by molar-refractivity contribution is 5.94. The van der Waals surface area contributed by atoms with Crippen molar-refractivity contribution in [3.8, 4) is 11.3 Å². The Kier molecular flexibility index (Phi) is 6.16. The van der Waals surface area contributed by atoms with Crippen molar-refractivity contribution in [2.24, 2.45) is 0 Å². The first-order valence-corrected chi connectivity index (χ1v) is 9.17. The molecule has 0 bridgehead atoms. The highest BCUT2D eigenvalue weighted by Crippen LogP contribution is 2.22. The van der Waals surface area contributed by atoms with Crippen LogP contribution in [0.4, 0.5) is 0 Å². The van der Waals surface area contributed by atoms with Crippen molar-refractivity contribution in [3.05, 3.63) is 65.4 Å². The Morgan fingerprint density at radius 3 is 2.46 bits per heavy atom. The third-order valence-electron chi connectivity index (χ3n) is 4.44. The summed E-state index contributed by atoms with van der Waals surface area (Å²) in [5.41, 5.74) is 3.35. The van der Waals surface area contributed by atoms with Crippen molar-refractivity contribution >= 4 is 5.91 Å². The molecule has 0 fully saturated rings. The molecule has 0 aliphatic carbocycles. The molecule has 3 rings (SSSR count). The van der Waals surface area contributed by atoms with Crippen LogP contribution in [0.5, 0.6) is 0 Å². The van der Waals surface area contributed by atoms with Gasteiger partial charge in [0.25, 0.3) is 5.91 Å². The van der Waals surface area contributed by atoms with Gasteiger partial charge in [-0.15, -0.1) is 0 Å². The fourth-order valence-electron chi connectivity index (χ4n) is 2.60. The first kappa shape index (κ1) is 19.7. The Bertz CT molecular complexity index is 918. The number of amides is 1. The van der Waals surface area contributed by atoms with E-state index in [9.17, 15) is 4.79 Å². The number of methoxy groups -OCH3 is 1. The van der Waals surface area contributed by atoms with Crippen LogP contribution in [0.1, 0.15) is 60.4 Å². The first-order chi connectivity index (χ1) is 13.5. The molecule has 1 amide bonds. The lowest BCUT2D eigenvalue weighted by Gasteiger charge is -2.10. The van der Waals surface area contributed by atoms with E-state index in [0.717, 1.165) is 16.8 Å². The number of hydrogen-bond donors (Lipinski definition) is 1. The average Bonchev–Trinajstić information content (AvgIpc) is 3.21. The molecule has 28 heavy (non-hydrogen) atoms. The molecule has 0 spiro atoms.